The van der Waals surface area contributed by atoms with Crippen LogP contribution in [0, 0.1) is 0 Å². The van der Waals surface area contributed by atoms with E-state index < -0.39 is 0 Å². The third-order valence-corrected chi connectivity index (χ3v) is 5.19. The molecule has 1 N–H and O–H groups in total. The van der Waals surface area contributed by atoms with Gasteiger partial charge in [0.2, 0.25) is 0 Å². The van der Waals surface area contributed by atoms with Crippen LogP contribution in [0.4, 0.5) is 0 Å². The molecule has 0 saturated heterocycles. The number of aromatic amines is 1. The van der Waals surface area contributed by atoms with E-state index in [0.717, 1.165) is 22.4 Å². The Kier molecular flexibility index (Phi) is 2.61. The lowest BCUT2D eigenvalue weighted by Gasteiger charge is -2.08. The third-order valence-electron chi connectivity index (χ3n) is 5.19. The maximum absolute atomic E-state index is 4.70. The van der Waals surface area contributed by atoms with Crippen molar-refractivity contribution in [2.45, 2.75) is 0 Å². The Balaban J connectivity index is 1.84. The average Bonchev–Trinajstić information content (AvgIpc) is 3.24. The van der Waals surface area contributed by atoms with Crippen molar-refractivity contribution < 1.29 is 0 Å². The Hall–Kier alpha value is -3.59. The minimum atomic E-state index is 0.986. The molecule has 3 heterocycles. The summed E-state index contributed by atoms with van der Waals surface area (Å²) in [6.45, 7) is 0. The van der Waals surface area contributed by atoms with Crippen molar-refractivity contribution >= 4 is 43.7 Å². The van der Waals surface area contributed by atoms with Gasteiger partial charge in [0.15, 0.2) is 0 Å². The molecule has 0 aliphatic heterocycles. The van der Waals surface area contributed by atoms with Crippen molar-refractivity contribution in [3.8, 4) is 5.69 Å². The Morgan fingerprint density at radius 1 is 0.654 bits per heavy atom. The van der Waals surface area contributed by atoms with E-state index in [9.17, 15) is 0 Å². The number of hydrogen-bond acceptors (Lipinski definition) is 1. The van der Waals surface area contributed by atoms with Crippen molar-refractivity contribution in [3.63, 3.8) is 0 Å². The van der Waals surface area contributed by atoms with Crippen LogP contribution in [0.3, 0.4) is 0 Å². The summed E-state index contributed by atoms with van der Waals surface area (Å²) >= 11 is 0. The summed E-state index contributed by atoms with van der Waals surface area (Å²) in [7, 11) is 0. The van der Waals surface area contributed by atoms with Crippen LogP contribution in [0.25, 0.3) is 49.4 Å². The maximum Gasteiger partial charge on any atom is 0.145 e. The molecule has 0 atom stereocenters. The van der Waals surface area contributed by atoms with Crippen LogP contribution in [0.1, 0.15) is 0 Å². The van der Waals surface area contributed by atoms with Crippen LogP contribution in [0.2, 0.25) is 0 Å². The fourth-order valence-electron chi connectivity index (χ4n) is 4.08. The van der Waals surface area contributed by atoms with E-state index >= 15 is 0 Å². The number of benzene rings is 3. The Bertz CT molecular complexity index is 1380. The van der Waals surface area contributed by atoms with Gasteiger partial charge in [-0.1, -0.05) is 48.5 Å². The first-order valence-corrected chi connectivity index (χ1v) is 8.76. The molecule has 0 aliphatic carbocycles. The van der Waals surface area contributed by atoms with Gasteiger partial charge >= 0.3 is 0 Å². The van der Waals surface area contributed by atoms with Gasteiger partial charge in [0.05, 0.1) is 16.7 Å². The molecule has 0 amide bonds. The smallest absolute Gasteiger partial charge is 0.145 e. The van der Waals surface area contributed by atoms with E-state index in [-0.39, 0.29) is 0 Å². The Morgan fingerprint density at radius 3 is 2.38 bits per heavy atom. The summed E-state index contributed by atoms with van der Waals surface area (Å²) in [5, 5.41) is 4.89. The van der Waals surface area contributed by atoms with E-state index in [2.05, 4.69) is 82.3 Å². The van der Waals surface area contributed by atoms with E-state index in [0.29, 0.717) is 0 Å². The first-order chi connectivity index (χ1) is 12.9. The second-order valence-electron chi connectivity index (χ2n) is 6.60. The number of para-hydroxylation sites is 3. The highest BCUT2D eigenvalue weighted by Crippen LogP contribution is 2.35. The Morgan fingerprint density at radius 2 is 1.42 bits per heavy atom. The van der Waals surface area contributed by atoms with Crippen LogP contribution in [0.15, 0.2) is 85.1 Å². The zero-order valence-electron chi connectivity index (χ0n) is 14.0. The van der Waals surface area contributed by atoms with Crippen molar-refractivity contribution in [2.75, 3.05) is 0 Å². The van der Waals surface area contributed by atoms with E-state index in [1.54, 1.807) is 0 Å². The van der Waals surface area contributed by atoms with Gasteiger partial charge in [0, 0.05) is 33.3 Å². The SMILES string of the molecule is c1ccc2c(c1)[nH]c1c(-n3c4ccccc4c4cccnc43)cccc12. The number of fused-ring (bicyclic) bond motifs is 6. The van der Waals surface area contributed by atoms with Gasteiger partial charge in [-0.25, -0.2) is 4.98 Å². The standard InChI is InChI=1S/C23H15N3/c1-3-11-19-15(7-1)17-9-5-13-21(22(17)25-19)26-20-12-4-2-8-16(20)18-10-6-14-24-23(18)26/h1-14,25H. The fourth-order valence-corrected chi connectivity index (χ4v) is 4.08. The van der Waals surface area contributed by atoms with Gasteiger partial charge in [-0.15, -0.1) is 0 Å². The second kappa shape index (κ2) is 4.96. The lowest BCUT2D eigenvalue weighted by Crippen LogP contribution is -1.96. The number of H-pyrrole nitrogens is 1. The summed E-state index contributed by atoms with van der Waals surface area (Å²) in [5.41, 5.74) is 5.58. The van der Waals surface area contributed by atoms with Crippen molar-refractivity contribution in [1.82, 2.24) is 14.5 Å². The molecule has 3 aromatic carbocycles. The van der Waals surface area contributed by atoms with Crippen molar-refractivity contribution in [2.24, 2.45) is 0 Å². The summed E-state index contributed by atoms with van der Waals surface area (Å²) in [6, 6.07) is 27.6. The molecule has 3 nitrogen and oxygen atoms in total. The monoisotopic (exact) mass is 333 g/mol. The maximum atomic E-state index is 4.70. The topological polar surface area (TPSA) is 33.6 Å². The average molecular weight is 333 g/mol. The third kappa shape index (κ3) is 1.69. The summed E-state index contributed by atoms with van der Waals surface area (Å²) in [5.74, 6) is 0. The van der Waals surface area contributed by atoms with Crippen molar-refractivity contribution in [3.05, 3.63) is 85.1 Å². The van der Waals surface area contributed by atoms with Crippen molar-refractivity contribution in [1.29, 1.82) is 0 Å². The molecule has 0 fully saturated rings. The van der Waals surface area contributed by atoms with Crippen LogP contribution >= 0.6 is 0 Å². The molecule has 0 unspecified atom stereocenters. The van der Waals surface area contributed by atoms with Gasteiger partial charge in [-0.2, -0.15) is 0 Å². The number of nitrogens with zero attached hydrogens (tertiary/aromatic N) is 2. The highest BCUT2D eigenvalue weighted by Gasteiger charge is 2.16. The molecule has 6 rings (SSSR count). The van der Waals surface area contributed by atoms with Gasteiger partial charge in [0.25, 0.3) is 0 Å². The quantitative estimate of drug-likeness (QED) is 0.404. The van der Waals surface area contributed by atoms with Gasteiger partial charge in [0.1, 0.15) is 5.65 Å². The molecule has 0 spiro atoms. The molecular weight excluding hydrogens is 318 g/mol. The molecule has 26 heavy (non-hydrogen) atoms. The van der Waals surface area contributed by atoms with Gasteiger partial charge in [-0.05, 0) is 30.3 Å². The lowest BCUT2D eigenvalue weighted by atomic mass is 10.1. The van der Waals surface area contributed by atoms with Gasteiger partial charge < -0.3 is 4.98 Å². The Labute approximate surface area is 149 Å². The van der Waals surface area contributed by atoms with E-state index in [1.165, 1.54) is 27.1 Å². The van der Waals surface area contributed by atoms with E-state index in [1.807, 2.05) is 12.3 Å². The summed E-state index contributed by atoms with van der Waals surface area (Å²) in [6.07, 6.45) is 1.86. The molecule has 122 valence electrons. The van der Waals surface area contributed by atoms with Crippen LogP contribution < -0.4 is 0 Å². The highest BCUT2D eigenvalue weighted by molar-refractivity contribution is 6.13. The predicted octanol–water partition coefficient (Wildman–Crippen LogP) is 5.81. The molecule has 6 aromatic rings. The zero-order chi connectivity index (χ0) is 17.1. The number of aromatic nitrogens is 3. The molecule has 0 aliphatic rings. The van der Waals surface area contributed by atoms with Crippen LogP contribution in [-0.2, 0) is 0 Å². The number of pyridine rings is 1. The molecule has 0 saturated carbocycles. The lowest BCUT2D eigenvalue weighted by molar-refractivity contribution is 1.14. The molecule has 3 heteroatoms. The molecule has 0 radical (unpaired) electrons. The predicted molar refractivity (Wildman–Crippen MR) is 108 cm³/mol. The largest absolute Gasteiger partial charge is 0.353 e. The minimum absolute atomic E-state index is 0.986. The van der Waals surface area contributed by atoms with Crippen LogP contribution in [0.5, 0.6) is 0 Å². The minimum Gasteiger partial charge on any atom is -0.353 e. The van der Waals surface area contributed by atoms with E-state index in [4.69, 9.17) is 4.98 Å². The first-order valence-electron chi connectivity index (χ1n) is 8.76. The highest BCUT2D eigenvalue weighted by atomic mass is 15.1. The molecular formula is C23H15N3. The zero-order valence-corrected chi connectivity index (χ0v) is 14.0. The number of nitrogens with one attached hydrogen (secondary N) is 1. The summed E-state index contributed by atoms with van der Waals surface area (Å²) in [4.78, 5) is 8.32. The molecule has 0 bridgehead atoms. The normalized spacial score (nSPS) is 11.8. The van der Waals surface area contributed by atoms with Gasteiger partial charge in [-0.3, -0.25) is 4.57 Å². The molecule has 3 aromatic heterocycles. The number of rotatable bonds is 1. The fraction of sp³-hybridized carbons (Fsp3) is 0. The number of hydrogen-bond donors (Lipinski definition) is 1. The second-order valence-corrected chi connectivity index (χ2v) is 6.60. The first kappa shape index (κ1) is 13.7. The summed E-state index contributed by atoms with van der Waals surface area (Å²) < 4.78 is 2.27. The van der Waals surface area contributed by atoms with Crippen LogP contribution in [-0.4, -0.2) is 14.5 Å².